The van der Waals surface area contributed by atoms with E-state index < -0.39 is 12.3 Å². The van der Waals surface area contributed by atoms with Crippen molar-refractivity contribution >= 4 is 12.0 Å². The van der Waals surface area contributed by atoms with Gasteiger partial charge in [0, 0.05) is 11.6 Å². The smallest absolute Gasteiger partial charge is 0.488 e. The molecular weight excluding hydrogens is 397 g/mol. The third-order valence-electron chi connectivity index (χ3n) is 4.07. The molecule has 0 aliphatic carbocycles. The van der Waals surface area contributed by atoms with Gasteiger partial charge in [0.25, 0.3) is 0 Å². The van der Waals surface area contributed by atoms with E-state index in [9.17, 15) is 18.0 Å². The number of rotatable bonds is 7. The molecule has 0 aliphatic heterocycles. The van der Waals surface area contributed by atoms with Crippen LogP contribution in [0.25, 0.3) is 17.2 Å². The first kappa shape index (κ1) is 21.0. The van der Waals surface area contributed by atoms with Crippen LogP contribution < -0.4 is 9.47 Å². The number of aliphatic carboxylic acids is 1. The van der Waals surface area contributed by atoms with Crippen molar-refractivity contribution in [1.29, 1.82) is 0 Å². The number of ether oxygens (including phenoxy) is 2. The van der Waals surface area contributed by atoms with Gasteiger partial charge in [0.1, 0.15) is 18.1 Å². The minimum atomic E-state index is -4.75. The van der Waals surface area contributed by atoms with Gasteiger partial charge in [-0.05, 0) is 47.0 Å². The standard InChI is InChI=1S/C23H17F3O4/c24-23(25,26)30-20-10-6-16(7-11-20)15-29-21-12-8-18(17-4-2-1-3-5-17)14-19(21)9-13-22(27)28/h1-14H,15H2,(H,27,28)/b13-9+. The second-order valence-electron chi connectivity index (χ2n) is 6.27. The van der Waals surface area contributed by atoms with Crippen LogP contribution in [0.5, 0.6) is 11.5 Å². The van der Waals surface area contributed by atoms with E-state index in [4.69, 9.17) is 9.84 Å². The summed E-state index contributed by atoms with van der Waals surface area (Å²) in [5.41, 5.74) is 3.05. The molecule has 0 heterocycles. The lowest BCUT2D eigenvalue weighted by molar-refractivity contribution is -0.274. The summed E-state index contributed by atoms with van der Waals surface area (Å²) in [6.07, 6.45) is -2.30. The molecule has 0 saturated carbocycles. The molecule has 3 rings (SSSR count). The van der Waals surface area contributed by atoms with Gasteiger partial charge < -0.3 is 14.6 Å². The number of benzene rings is 3. The third kappa shape index (κ3) is 6.13. The first-order valence-corrected chi connectivity index (χ1v) is 8.88. The number of halogens is 3. The molecule has 0 spiro atoms. The number of carbonyl (C=O) groups is 1. The van der Waals surface area contributed by atoms with Gasteiger partial charge in [-0.15, -0.1) is 13.2 Å². The Bertz CT molecular complexity index is 1030. The average molecular weight is 414 g/mol. The van der Waals surface area contributed by atoms with Crippen molar-refractivity contribution in [3.05, 3.63) is 90.0 Å². The SMILES string of the molecule is O=C(O)/C=C/c1cc(-c2ccccc2)ccc1OCc1ccc(OC(F)(F)F)cc1. The third-order valence-corrected chi connectivity index (χ3v) is 4.07. The van der Waals surface area contributed by atoms with Crippen LogP contribution in [0.4, 0.5) is 13.2 Å². The molecule has 7 heteroatoms. The van der Waals surface area contributed by atoms with E-state index in [1.54, 1.807) is 6.07 Å². The fraction of sp³-hybridized carbons (Fsp3) is 0.0870. The van der Waals surface area contributed by atoms with E-state index in [1.807, 2.05) is 42.5 Å². The maximum absolute atomic E-state index is 12.2. The molecule has 4 nitrogen and oxygen atoms in total. The molecule has 0 atom stereocenters. The Morgan fingerprint density at radius 1 is 0.933 bits per heavy atom. The zero-order valence-electron chi connectivity index (χ0n) is 15.6. The van der Waals surface area contributed by atoms with Crippen molar-refractivity contribution in [2.45, 2.75) is 13.0 Å². The Labute approximate surface area is 170 Å². The van der Waals surface area contributed by atoms with E-state index in [-0.39, 0.29) is 12.4 Å². The van der Waals surface area contributed by atoms with Gasteiger partial charge in [-0.2, -0.15) is 0 Å². The summed E-state index contributed by atoms with van der Waals surface area (Å²) >= 11 is 0. The second kappa shape index (κ2) is 9.17. The summed E-state index contributed by atoms with van der Waals surface area (Å²) in [5.74, 6) is -0.960. The Kier molecular flexibility index (Phi) is 6.41. The molecule has 0 aliphatic rings. The highest BCUT2D eigenvalue weighted by molar-refractivity contribution is 5.86. The Morgan fingerprint density at radius 2 is 1.63 bits per heavy atom. The molecule has 3 aromatic rings. The molecule has 0 fully saturated rings. The monoisotopic (exact) mass is 414 g/mol. The normalized spacial score (nSPS) is 11.4. The van der Waals surface area contributed by atoms with Crippen molar-refractivity contribution in [3.8, 4) is 22.6 Å². The molecule has 0 saturated heterocycles. The summed E-state index contributed by atoms with van der Waals surface area (Å²) in [6.45, 7) is 0.0882. The van der Waals surface area contributed by atoms with Gasteiger partial charge in [0.2, 0.25) is 0 Å². The summed E-state index contributed by atoms with van der Waals surface area (Å²) in [7, 11) is 0. The van der Waals surface area contributed by atoms with Crippen LogP contribution in [-0.2, 0) is 11.4 Å². The van der Waals surface area contributed by atoms with Gasteiger partial charge in [0.05, 0.1) is 0 Å². The maximum Gasteiger partial charge on any atom is 0.573 e. The summed E-state index contributed by atoms with van der Waals surface area (Å²) in [4.78, 5) is 10.9. The largest absolute Gasteiger partial charge is 0.573 e. The summed E-state index contributed by atoms with van der Waals surface area (Å²) in [5, 5.41) is 8.95. The molecule has 0 aromatic heterocycles. The fourth-order valence-corrected chi connectivity index (χ4v) is 2.73. The lowest BCUT2D eigenvalue weighted by atomic mass is 10.0. The van der Waals surface area contributed by atoms with Crippen LogP contribution in [0.1, 0.15) is 11.1 Å². The van der Waals surface area contributed by atoms with Gasteiger partial charge in [-0.3, -0.25) is 0 Å². The minimum absolute atomic E-state index is 0.0882. The lowest BCUT2D eigenvalue weighted by Crippen LogP contribution is -2.17. The second-order valence-corrected chi connectivity index (χ2v) is 6.27. The van der Waals surface area contributed by atoms with Gasteiger partial charge >= 0.3 is 12.3 Å². The van der Waals surface area contributed by atoms with E-state index in [2.05, 4.69) is 4.74 Å². The van der Waals surface area contributed by atoms with E-state index in [0.717, 1.165) is 17.2 Å². The quantitative estimate of drug-likeness (QED) is 0.487. The number of hydrogen-bond acceptors (Lipinski definition) is 3. The first-order valence-electron chi connectivity index (χ1n) is 8.88. The van der Waals surface area contributed by atoms with Crippen LogP contribution in [0, 0.1) is 0 Å². The molecule has 1 N–H and O–H groups in total. The lowest BCUT2D eigenvalue weighted by Gasteiger charge is -2.12. The Balaban J connectivity index is 1.78. The van der Waals surface area contributed by atoms with Crippen LogP contribution >= 0.6 is 0 Å². The highest BCUT2D eigenvalue weighted by Crippen LogP contribution is 2.29. The Hall–Kier alpha value is -3.74. The van der Waals surface area contributed by atoms with Gasteiger partial charge in [-0.1, -0.05) is 48.5 Å². The number of carboxylic acid groups (broad SMARTS) is 1. The predicted octanol–water partition coefficient (Wildman–Crippen LogP) is 5.93. The van der Waals surface area contributed by atoms with Crippen LogP contribution in [-0.4, -0.2) is 17.4 Å². The van der Waals surface area contributed by atoms with Crippen molar-refractivity contribution in [2.75, 3.05) is 0 Å². The van der Waals surface area contributed by atoms with Gasteiger partial charge in [0.15, 0.2) is 0 Å². The number of carboxylic acids is 1. The van der Waals surface area contributed by atoms with Crippen molar-refractivity contribution in [1.82, 2.24) is 0 Å². The summed E-state index contributed by atoms with van der Waals surface area (Å²) < 4.78 is 46.4. The van der Waals surface area contributed by atoms with Crippen molar-refractivity contribution in [3.63, 3.8) is 0 Å². The first-order chi connectivity index (χ1) is 14.3. The zero-order valence-corrected chi connectivity index (χ0v) is 15.6. The van der Waals surface area contributed by atoms with Gasteiger partial charge in [-0.25, -0.2) is 4.79 Å². The molecular formula is C23H17F3O4. The predicted molar refractivity (Wildman–Crippen MR) is 106 cm³/mol. The molecule has 154 valence electrons. The Morgan fingerprint density at radius 3 is 2.27 bits per heavy atom. The fourth-order valence-electron chi connectivity index (χ4n) is 2.73. The molecule has 0 amide bonds. The van der Waals surface area contributed by atoms with Crippen molar-refractivity contribution in [2.24, 2.45) is 0 Å². The highest BCUT2D eigenvalue weighted by Gasteiger charge is 2.30. The van der Waals surface area contributed by atoms with Crippen LogP contribution in [0.15, 0.2) is 78.9 Å². The topological polar surface area (TPSA) is 55.8 Å². The van der Waals surface area contributed by atoms with Crippen LogP contribution in [0.2, 0.25) is 0 Å². The van der Waals surface area contributed by atoms with Crippen LogP contribution in [0.3, 0.4) is 0 Å². The van der Waals surface area contributed by atoms with E-state index in [1.165, 1.54) is 30.3 Å². The van der Waals surface area contributed by atoms with E-state index in [0.29, 0.717) is 16.9 Å². The average Bonchev–Trinajstić information content (AvgIpc) is 2.71. The van der Waals surface area contributed by atoms with E-state index >= 15 is 0 Å². The number of alkyl halides is 3. The van der Waals surface area contributed by atoms with Crippen molar-refractivity contribution < 1.29 is 32.5 Å². The molecule has 0 radical (unpaired) electrons. The minimum Gasteiger partial charge on any atom is -0.488 e. The molecule has 30 heavy (non-hydrogen) atoms. The highest BCUT2D eigenvalue weighted by atomic mass is 19.4. The zero-order chi connectivity index (χ0) is 21.6. The molecule has 0 bridgehead atoms. The summed E-state index contributed by atoms with van der Waals surface area (Å²) in [6, 6.07) is 20.3. The maximum atomic E-state index is 12.2. The molecule has 3 aromatic carbocycles. The number of hydrogen-bond donors (Lipinski definition) is 1. The molecule has 0 unspecified atom stereocenters.